The summed E-state index contributed by atoms with van der Waals surface area (Å²) in [5.41, 5.74) is 10.3. The molecular weight excluding hydrogens is 440 g/mol. The van der Waals surface area contributed by atoms with Gasteiger partial charge in [-0.15, -0.1) is 0 Å². The van der Waals surface area contributed by atoms with Crippen LogP contribution < -0.4 is 0 Å². The summed E-state index contributed by atoms with van der Waals surface area (Å²) in [7, 11) is 0. The molecule has 4 heteroatoms. The summed E-state index contributed by atoms with van der Waals surface area (Å²) in [5, 5.41) is 0. The first-order chi connectivity index (χ1) is 17.8. The predicted octanol–water partition coefficient (Wildman–Crippen LogP) is 7.60. The van der Waals surface area contributed by atoms with Crippen LogP contribution in [0.15, 0.2) is 134 Å². The number of rotatable bonds is 5. The maximum absolute atomic E-state index is 4.63. The highest BCUT2D eigenvalue weighted by molar-refractivity contribution is 5.77. The van der Waals surface area contributed by atoms with Crippen LogP contribution >= 0.6 is 0 Å². The zero-order valence-electron chi connectivity index (χ0n) is 19.5. The first-order valence-corrected chi connectivity index (χ1v) is 11.8. The number of aromatic nitrogens is 4. The molecule has 0 aliphatic heterocycles. The van der Waals surface area contributed by atoms with E-state index >= 15 is 0 Å². The summed E-state index contributed by atoms with van der Waals surface area (Å²) in [6.07, 6.45) is 9.18. The van der Waals surface area contributed by atoms with E-state index in [1.54, 1.807) is 6.20 Å². The van der Waals surface area contributed by atoms with Gasteiger partial charge in [-0.1, -0.05) is 48.5 Å². The van der Waals surface area contributed by atoms with E-state index in [1.165, 1.54) is 0 Å². The third kappa shape index (κ3) is 4.52. The Morgan fingerprint density at radius 2 is 0.889 bits per heavy atom. The second-order valence-corrected chi connectivity index (χ2v) is 8.48. The van der Waals surface area contributed by atoms with Crippen molar-refractivity contribution in [3.63, 3.8) is 0 Å². The number of hydrogen-bond acceptors (Lipinski definition) is 4. The summed E-state index contributed by atoms with van der Waals surface area (Å²) >= 11 is 0. The smallest absolute Gasteiger partial charge is 0.0892 e. The van der Waals surface area contributed by atoms with Gasteiger partial charge in [-0.25, -0.2) is 0 Å². The highest BCUT2D eigenvalue weighted by Crippen LogP contribution is 2.30. The molecule has 6 aromatic rings. The molecule has 0 spiro atoms. The Balaban J connectivity index is 1.34. The Labute approximate surface area is 210 Å². The van der Waals surface area contributed by atoms with Gasteiger partial charge in [-0.3, -0.25) is 19.9 Å². The second kappa shape index (κ2) is 9.72. The van der Waals surface area contributed by atoms with Crippen LogP contribution in [0.4, 0.5) is 0 Å². The van der Waals surface area contributed by atoms with Crippen molar-refractivity contribution in [1.82, 2.24) is 19.9 Å². The molecule has 4 heterocycles. The van der Waals surface area contributed by atoms with Crippen molar-refractivity contribution >= 4 is 0 Å². The molecule has 6 rings (SSSR count). The van der Waals surface area contributed by atoms with Crippen LogP contribution in [-0.4, -0.2) is 19.9 Å². The second-order valence-electron chi connectivity index (χ2n) is 8.48. The summed E-state index contributed by atoms with van der Waals surface area (Å²) in [6.45, 7) is 0. The summed E-state index contributed by atoms with van der Waals surface area (Å²) in [6, 6.07) is 35.1. The van der Waals surface area contributed by atoms with E-state index in [4.69, 9.17) is 0 Å². The lowest BCUT2D eigenvalue weighted by Crippen LogP contribution is -1.90. The summed E-state index contributed by atoms with van der Waals surface area (Å²) in [4.78, 5) is 18.0. The molecule has 0 fully saturated rings. The third-order valence-corrected chi connectivity index (χ3v) is 6.13. The first-order valence-electron chi connectivity index (χ1n) is 11.8. The minimum Gasteiger partial charge on any atom is -0.264 e. The van der Waals surface area contributed by atoms with E-state index in [1.807, 2.05) is 61.2 Å². The number of nitrogens with zero attached hydrogens (tertiary/aromatic N) is 4. The highest BCUT2D eigenvalue weighted by atomic mass is 14.8. The average molecular weight is 463 g/mol. The fourth-order valence-corrected chi connectivity index (χ4v) is 4.30. The van der Waals surface area contributed by atoms with E-state index in [0.717, 1.165) is 56.0 Å². The quantitative estimate of drug-likeness (QED) is 0.265. The van der Waals surface area contributed by atoms with Gasteiger partial charge < -0.3 is 0 Å². The lowest BCUT2D eigenvalue weighted by Gasteiger charge is -2.09. The zero-order valence-corrected chi connectivity index (χ0v) is 19.5. The van der Waals surface area contributed by atoms with Crippen molar-refractivity contribution in [2.45, 2.75) is 0 Å². The molecule has 0 saturated carbocycles. The van der Waals surface area contributed by atoms with Crippen molar-refractivity contribution in [2.24, 2.45) is 0 Å². The highest BCUT2D eigenvalue weighted by Gasteiger charge is 2.09. The molecule has 36 heavy (non-hydrogen) atoms. The van der Waals surface area contributed by atoms with Crippen LogP contribution in [0, 0.1) is 0 Å². The maximum atomic E-state index is 4.63. The fourth-order valence-electron chi connectivity index (χ4n) is 4.30. The molecule has 0 aliphatic rings. The number of benzene rings is 2. The van der Waals surface area contributed by atoms with Crippen LogP contribution in [0.5, 0.6) is 0 Å². The zero-order chi connectivity index (χ0) is 24.2. The fraction of sp³-hybridized carbons (Fsp3) is 0. The lowest BCUT2D eigenvalue weighted by atomic mass is 9.99. The minimum absolute atomic E-state index is 0.834. The van der Waals surface area contributed by atoms with Crippen LogP contribution in [-0.2, 0) is 0 Å². The molecule has 0 unspecified atom stereocenters. The van der Waals surface area contributed by atoms with E-state index in [2.05, 4.69) is 86.7 Å². The Morgan fingerprint density at radius 3 is 1.50 bits per heavy atom. The first kappa shape index (κ1) is 21.6. The molecule has 0 aliphatic carbocycles. The van der Waals surface area contributed by atoms with Gasteiger partial charge in [0.25, 0.3) is 0 Å². The van der Waals surface area contributed by atoms with Crippen molar-refractivity contribution in [3.05, 3.63) is 134 Å². The molecule has 0 atom stereocenters. The van der Waals surface area contributed by atoms with Crippen LogP contribution in [0.1, 0.15) is 0 Å². The molecular formula is C32H22N4. The van der Waals surface area contributed by atoms with E-state index in [9.17, 15) is 0 Å². The Kier molecular flexibility index (Phi) is 5.83. The number of pyridine rings is 4. The molecule has 4 nitrogen and oxygen atoms in total. The van der Waals surface area contributed by atoms with Gasteiger partial charge in [0.05, 0.1) is 17.1 Å². The van der Waals surface area contributed by atoms with Crippen molar-refractivity contribution in [3.8, 4) is 56.0 Å². The number of hydrogen-bond donors (Lipinski definition) is 0. The van der Waals surface area contributed by atoms with Gasteiger partial charge in [0.1, 0.15) is 0 Å². The SMILES string of the molecule is c1ccc(-c2cccc(-c3ccnc(-c4cc(-c5cccc(-c6cccnc6)c5)ccn4)c3)c2)nc1. The predicted molar refractivity (Wildman–Crippen MR) is 145 cm³/mol. The third-order valence-electron chi connectivity index (χ3n) is 6.13. The molecule has 0 bridgehead atoms. The molecule has 0 saturated heterocycles. The van der Waals surface area contributed by atoms with Gasteiger partial charge in [0.2, 0.25) is 0 Å². The van der Waals surface area contributed by atoms with E-state index in [-0.39, 0.29) is 0 Å². The molecule has 0 amide bonds. The lowest BCUT2D eigenvalue weighted by molar-refractivity contribution is 1.25. The van der Waals surface area contributed by atoms with E-state index < -0.39 is 0 Å². The van der Waals surface area contributed by atoms with Gasteiger partial charge in [-0.2, -0.15) is 0 Å². The monoisotopic (exact) mass is 462 g/mol. The van der Waals surface area contributed by atoms with Gasteiger partial charge in [-0.05, 0) is 82.4 Å². The van der Waals surface area contributed by atoms with Gasteiger partial charge in [0, 0.05) is 42.1 Å². The van der Waals surface area contributed by atoms with Gasteiger partial charge >= 0.3 is 0 Å². The van der Waals surface area contributed by atoms with Crippen molar-refractivity contribution < 1.29 is 0 Å². The normalized spacial score (nSPS) is 10.8. The van der Waals surface area contributed by atoms with Crippen LogP contribution in [0.3, 0.4) is 0 Å². The van der Waals surface area contributed by atoms with Crippen molar-refractivity contribution in [2.75, 3.05) is 0 Å². The summed E-state index contributed by atoms with van der Waals surface area (Å²) in [5.74, 6) is 0. The maximum Gasteiger partial charge on any atom is 0.0892 e. The Bertz CT molecular complexity index is 1500. The minimum atomic E-state index is 0.834. The molecule has 0 radical (unpaired) electrons. The van der Waals surface area contributed by atoms with Crippen LogP contribution in [0.25, 0.3) is 56.0 Å². The van der Waals surface area contributed by atoms with Gasteiger partial charge in [0.15, 0.2) is 0 Å². The Morgan fingerprint density at radius 1 is 0.333 bits per heavy atom. The molecule has 170 valence electrons. The van der Waals surface area contributed by atoms with E-state index in [0.29, 0.717) is 0 Å². The van der Waals surface area contributed by atoms with Crippen molar-refractivity contribution in [1.29, 1.82) is 0 Å². The Hall–Kier alpha value is -4.96. The van der Waals surface area contributed by atoms with Crippen LogP contribution in [0.2, 0.25) is 0 Å². The average Bonchev–Trinajstić information content (AvgIpc) is 2.98. The summed E-state index contributed by atoms with van der Waals surface area (Å²) < 4.78 is 0. The standard InChI is InChI=1S/C32H22N4/c1-2-15-34-30(11-1)28-9-4-7-24(19-28)27-13-17-36-32(21-27)31-20-26(12-16-35-31)23-6-3-8-25(18-23)29-10-5-14-33-22-29/h1-22H. The topological polar surface area (TPSA) is 51.6 Å². The molecule has 4 aromatic heterocycles. The molecule has 0 N–H and O–H groups in total. The largest absolute Gasteiger partial charge is 0.264 e. The molecule has 2 aromatic carbocycles.